The molecule has 1 N–H and O–H groups in total. The number of ether oxygens (including phenoxy) is 1. The molecular formula is C17H16F3NO3. The van der Waals surface area contributed by atoms with Gasteiger partial charge in [-0.25, -0.2) is 4.79 Å². The third-order valence-electron chi connectivity index (χ3n) is 3.26. The molecule has 0 atom stereocenters. The third-order valence-corrected chi connectivity index (χ3v) is 3.26. The van der Waals surface area contributed by atoms with E-state index in [1.54, 1.807) is 24.3 Å². The summed E-state index contributed by atoms with van der Waals surface area (Å²) in [4.78, 5) is 13.2. The van der Waals surface area contributed by atoms with E-state index in [1.165, 1.54) is 12.1 Å². The summed E-state index contributed by atoms with van der Waals surface area (Å²) in [5.41, 5.74) is 0.185. The van der Waals surface area contributed by atoms with Gasteiger partial charge in [-0.2, -0.15) is 13.2 Å². The van der Waals surface area contributed by atoms with Gasteiger partial charge in [0.15, 0.2) is 0 Å². The Labute approximate surface area is 137 Å². The van der Waals surface area contributed by atoms with E-state index in [1.807, 2.05) is 6.07 Å². The molecule has 0 bridgehead atoms. The minimum Gasteiger partial charge on any atom is -0.444 e. The van der Waals surface area contributed by atoms with Crippen molar-refractivity contribution in [2.45, 2.75) is 12.8 Å². The van der Waals surface area contributed by atoms with Crippen LogP contribution in [-0.4, -0.2) is 24.4 Å². The van der Waals surface area contributed by atoms with Crippen LogP contribution in [0.4, 0.5) is 23.7 Å². The van der Waals surface area contributed by atoms with Gasteiger partial charge in [-0.3, -0.25) is 4.90 Å². The van der Waals surface area contributed by atoms with Gasteiger partial charge in [0.2, 0.25) is 0 Å². The van der Waals surface area contributed by atoms with E-state index >= 15 is 0 Å². The number of halogens is 3. The average Bonchev–Trinajstić information content (AvgIpc) is 2.58. The summed E-state index contributed by atoms with van der Waals surface area (Å²) in [6, 6.07) is 13.1. The van der Waals surface area contributed by atoms with Crippen molar-refractivity contribution >= 4 is 11.8 Å². The standard InChI is InChI=1S/C17H16F3NO3/c18-17(19,20)14-6-8-15(9-7-14)21(10-11-22)16(23)24-12-13-4-2-1-3-5-13/h1-9,22H,10-12H2. The van der Waals surface area contributed by atoms with E-state index in [2.05, 4.69) is 0 Å². The highest BCUT2D eigenvalue weighted by Crippen LogP contribution is 2.30. The van der Waals surface area contributed by atoms with Gasteiger partial charge in [0.1, 0.15) is 6.61 Å². The number of amides is 1. The molecule has 0 aliphatic rings. The zero-order chi connectivity index (χ0) is 17.6. The Balaban J connectivity index is 2.09. The lowest BCUT2D eigenvalue weighted by Crippen LogP contribution is -2.34. The monoisotopic (exact) mass is 339 g/mol. The molecule has 7 heteroatoms. The largest absolute Gasteiger partial charge is 0.444 e. The Hall–Kier alpha value is -2.54. The van der Waals surface area contributed by atoms with Crippen molar-refractivity contribution in [2.75, 3.05) is 18.1 Å². The maximum Gasteiger partial charge on any atom is 0.416 e. The molecule has 0 saturated carbocycles. The van der Waals surface area contributed by atoms with E-state index in [-0.39, 0.29) is 25.4 Å². The molecule has 0 radical (unpaired) electrons. The number of hydrogen-bond donors (Lipinski definition) is 1. The number of nitrogens with zero attached hydrogens (tertiary/aromatic N) is 1. The van der Waals surface area contributed by atoms with Crippen LogP contribution in [0, 0.1) is 0 Å². The second-order valence-electron chi connectivity index (χ2n) is 4.96. The normalized spacial score (nSPS) is 11.2. The maximum atomic E-state index is 12.6. The van der Waals surface area contributed by atoms with E-state index in [0.717, 1.165) is 22.6 Å². The number of alkyl halides is 3. The highest BCUT2D eigenvalue weighted by Gasteiger charge is 2.30. The lowest BCUT2D eigenvalue weighted by atomic mass is 10.2. The molecule has 0 aliphatic carbocycles. The molecule has 2 aromatic carbocycles. The quantitative estimate of drug-likeness (QED) is 0.900. The predicted octanol–water partition coefficient (Wildman–Crippen LogP) is 3.84. The van der Waals surface area contributed by atoms with E-state index in [4.69, 9.17) is 9.84 Å². The number of rotatable bonds is 5. The minimum absolute atomic E-state index is 0.0300. The van der Waals surface area contributed by atoms with Crippen molar-refractivity contribution in [3.63, 3.8) is 0 Å². The number of aliphatic hydroxyl groups is 1. The first-order valence-corrected chi connectivity index (χ1v) is 7.18. The van der Waals surface area contributed by atoms with Gasteiger partial charge in [0, 0.05) is 5.69 Å². The second kappa shape index (κ2) is 7.83. The van der Waals surface area contributed by atoms with E-state index in [0.29, 0.717) is 0 Å². The molecule has 4 nitrogen and oxygen atoms in total. The van der Waals surface area contributed by atoms with Crippen molar-refractivity contribution in [3.8, 4) is 0 Å². The molecule has 0 aromatic heterocycles. The fourth-order valence-corrected chi connectivity index (χ4v) is 2.05. The summed E-state index contributed by atoms with van der Waals surface area (Å²) in [6.45, 7) is -0.400. The number of aliphatic hydroxyl groups excluding tert-OH is 1. The van der Waals surface area contributed by atoms with Crippen LogP contribution in [0.15, 0.2) is 54.6 Å². The van der Waals surface area contributed by atoms with Gasteiger partial charge in [-0.05, 0) is 29.8 Å². The molecule has 0 spiro atoms. The van der Waals surface area contributed by atoms with Crippen LogP contribution in [0.25, 0.3) is 0 Å². The predicted molar refractivity (Wildman–Crippen MR) is 82.5 cm³/mol. The van der Waals surface area contributed by atoms with Crippen LogP contribution in [0.5, 0.6) is 0 Å². The van der Waals surface area contributed by atoms with Crippen molar-refractivity contribution in [2.24, 2.45) is 0 Å². The molecule has 0 saturated heterocycles. The van der Waals surface area contributed by atoms with Gasteiger partial charge in [-0.1, -0.05) is 30.3 Å². The van der Waals surface area contributed by atoms with Crippen molar-refractivity contribution < 1.29 is 27.8 Å². The molecule has 24 heavy (non-hydrogen) atoms. The van der Waals surface area contributed by atoms with Crippen LogP contribution in [0.3, 0.4) is 0 Å². The number of hydrogen-bond acceptors (Lipinski definition) is 3. The van der Waals surface area contributed by atoms with Gasteiger partial charge in [-0.15, -0.1) is 0 Å². The summed E-state index contributed by atoms with van der Waals surface area (Å²) in [7, 11) is 0. The number of carbonyl (C=O) groups excluding carboxylic acids is 1. The Bertz CT molecular complexity index is 657. The van der Waals surface area contributed by atoms with Gasteiger partial charge in [0.25, 0.3) is 0 Å². The summed E-state index contributed by atoms with van der Waals surface area (Å²) in [5, 5.41) is 9.09. The topological polar surface area (TPSA) is 49.8 Å². The molecule has 0 heterocycles. The van der Waals surface area contributed by atoms with Crippen LogP contribution in [0.2, 0.25) is 0 Å². The first kappa shape index (κ1) is 17.8. The second-order valence-corrected chi connectivity index (χ2v) is 4.96. The van der Waals surface area contributed by atoms with Gasteiger partial charge >= 0.3 is 12.3 Å². The molecule has 1 amide bonds. The highest BCUT2D eigenvalue weighted by atomic mass is 19.4. The number of carbonyl (C=O) groups is 1. The van der Waals surface area contributed by atoms with E-state index < -0.39 is 17.8 Å². The van der Waals surface area contributed by atoms with Crippen molar-refractivity contribution in [1.29, 1.82) is 0 Å². The molecule has 0 unspecified atom stereocenters. The zero-order valence-electron chi connectivity index (χ0n) is 12.7. The lowest BCUT2D eigenvalue weighted by molar-refractivity contribution is -0.137. The molecular weight excluding hydrogens is 323 g/mol. The molecule has 0 aliphatic heterocycles. The number of benzene rings is 2. The Morgan fingerprint density at radius 3 is 2.21 bits per heavy atom. The third kappa shape index (κ3) is 4.73. The Morgan fingerprint density at radius 1 is 1.04 bits per heavy atom. The zero-order valence-corrected chi connectivity index (χ0v) is 12.7. The summed E-state index contributed by atoms with van der Waals surface area (Å²) < 4.78 is 42.9. The van der Waals surface area contributed by atoms with Gasteiger partial charge < -0.3 is 9.84 Å². The maximum absolute atomic E-state index is 12.6. The smallest absolute Gasteiger partial charge is 0.416 e. The summed E-state index contributed by atoms with van der Waals surface area (Å²) >= 11 is 0. The summed E-state index contributed by atoms with van der Waals surface area (Å²) in [6.07, 6.45) is -5.19. The first-order chi connectivity index (χ1) is 11.4. The first-order valence-electron chi connectivity index (χ1n) is 7.18. The molecule has 0 fully saturated rings. The van der Waals surface area contributed by atoms with Crippen LogP contribution in [-0.2, 0) is 17.5 Å². The number of anilines is 1. The fraction of sp³-hybridized carbons (Fsp3) is 0.235. The van der Waals surface area contributed by atoms with Crippen molar-refractivity contribution in [1.82, 2.24) is 0 Å². The van der Waals surface area contributed by atoms with Crippen LogP contribution < -0.4 is 4.90 Å². The Kier molecular flexibility index (Phi) is 5.81. The van der Waals surface area contributed by atoms with Gasteiger partial charge in [0.05, 0.1) is 18.7 Å². The molecule has 128 valence electrons. The lowest BCUT2D eigenvalue weighted by Gasteiger charge is -2.22. The summed E-state index contributed by atoms with van der Waals surface area (Å²) in [5.74, 6) is 0. The van der Waals surface area contributed by atoms with E-state index in [9.17, 15) is 18.0 Å². The average molecular weight is 339 g/mol. The Morgan fingerprint density at radius 2 is 1.67 bits per heavy atom. The minimum atomic E-state index is -4.45. The van der Waals surface area contributed by atoms with Crippen LogP contribution in [0.1, 0.15) is 11.1 Å². The molecule has 2 rings (SSSR count). The SMILES string of the molecule is O=C(OCc1ccccc1)N(CCO)c1ccc(C(F)(F)F)cc1. The van der Waals surface area contributed by atoms with Crippen molar-refractivity contribution in [3.05, 3.63) is 65.7 Å². The van der Waals surface area contributed by atoms with Crippen LogP contribution >= 0.6 is 0 Å². The molecule has 2 aromatic rings. The highest BCUT2D eigenvalue weighted by molar-refractivity contribution is 5.87. The fourth-order valence-electron chi connectivity index (χ4n) is 2.05.